The van der Waals surface area contributed by atoms with Gasteiger partial charge in [-0.3, -0.25) is 0 Å². The number of rotatable bonds is 7. The number of unbranched alkanes of at least 4 members (excludes halogenated alkanes) is 3. The number of nitrogens with zero attached hydrogens (tertiary/aromatic N) is 1. The van der Waals surface area contributed by atoms with Crippen LogP contribution in [0.1, 0.15) is 46.0 Å². The Morgan fingerprint density at radius 2 is 2.29 bits per heavy atom. The molecule has 0 aromatic carbocycles. The van der Waals surface area contributed by atoms with Gasteiger partial charge in [-0.05, 0) is 13.3 Å². The fourth-order valence-electron chi connectivity index (χ4n) is 1.45. The third-order valence-electron chi connectivity index (χ3n) is 2.29. The first-order valence-electron chi connectivity index (χ1n) is 5.49. The standard InChI is InChI=1S/C11H20N2S/c1-3-4-5-6-7-10(2)13-11-12-8-9-14-11/h8-10H,3-7H2,1-2H3,(H,12,13). The summed E-state index contributed by atoms with van der Waals surface area (Å²) in [4.78, 5) is 4.21. The van der Waals surface area contributed by atoms with Gasteiger partial charge in [0.25, 0.3) is 0 Å². The van der Waals surface area contributed by atoms with Gasteiger partial charge in [0.1, 0.15) is 0 Å². The van der Waals surface area contributed by atoms with E-state index in [1.165, 1.54) is 32.1 Å². The van der Waals surface area contributed by atoms with Gasteiger partial charge in [0.15, 0.2) is 5.13 Å². The van der Waals surface area contributed by atoms with Crippen molar-refractivity contribution in [2.75, 3.05) is 5.32 Å². The molecule has 0 spiro atoms. The van der Waals surface area contributed by atoms with Crippen LogP contribution < -0.4 is 5.32 Å². The van der Waals surface area contributed by atoms with Crippen molar-refractivity contribution >= 4 is 16.5 Å². The van der Waals surface area contributed by atoms with Gasteiger partial charge in [-0.1, -0.05) is 32.6 Å². The van der Waals surface area contributed by atoms with Gasteiger partial charge in [0, 0.05) is 17.6 Å². The lowest BCUT2D eigenvalue weighted by molar-refractivity contribution is 0.594. The molecule has 0 aliphatic carbocycles. The van der Waals surface area contributed by atoms with Crippen LogP contribution in [0.15, 0.2) is 11.6 Å². The van der Waals surface area contributed by atoms with Crippen molar-refractivity contribution in [1.29, 1.82) is 0 Å². The zero-order valence-electron chi connectivity index (χ0n) is 9.12. The summed E-state index contributed by atoms with van der Waals surface area (Å²) in [6.45, 7) is 4.48. The van der Waals surface area contributed by atoms with E-state index in [4.69, 9.17) is 0 Å². The van der Waals surface area contributed by atoms with E-state index in [1.54, 1.807) is 11.3 Å². The van der Waals surface area contributed by atoms with Gasteiger partial charge in [0.2, 0.25) is 0 Å². The number of hydrogen-bond donors (Lipinski definition) is 1. The Bertz CT molecular complexity index is 221. The molecule has 0 saturated carbocycles. The lowest BCUT2D eigenvalue weighted by Crippen LogP contribution is -2.14. The Balaban J connectivity index is 2.07. The van der Waals surface area contributed by atoms with Gasteiger partial charge < -0.3 is 5.32 Å². The molecule has 80 valence electrons. The van der Waals surface area contributed by atoms with E-state index in [1.807, 2.05) is 11.6 Å². The molecular formula is C11H20N2S. The predicted molar refractivity (Wildman–Crippen MR) is 64.0 cm³/mol. The van der Waals surface area contributed by atoms with Gasteiger partial charge in [-0.25, -0.2) is 4.98 Å². The maximum absolute atomic E-state index is 4.21. The van der Waals surface area contributed by atoms with Crippen LogP contribution in [0.5, 0.6) is 0 Å². The van der Waals surface area contributed by atoms with E-state index in [2.05, 4.69) is 24.1 Å². The predicted octanol–water partition coefficient (Wildman–Crippen LogP) is 3.91. The van der Waals surface area contributed by atoms with Crippen LogP contribution in [-0.4, -0.2) is 11.0 Å². The van der Waals surface area contributed by atoms with E-state index in [9.17, 15) is 0 Å². The van der Waals surface area contributed by atoms with E-state index in [0.717, 1.165) is 5.13 Å². The summed E-state index contributed by atoms with van der Waals surface area (Å²) in [5, 5.41) is 6.46. The van der Waals surface area contributed by atoms with Crippen molar-refractivity contribution < 1.29 is 0 Å². The lowest BCUT2D eigenvalue weighted by Gasteiger charge is -2.12. The number of nitrogens with one attached hydrogen (secondary N) is 1. The Labute approximate surface area is 90.8 Å². The highest BCUT2D eigenvalue weighted by Crippen LogP contribution is 2.14. The highest BCUT2D eigenvalue weighted by Gasteiger charge is 2.02. The molecule has 0 aliphatic rings. The van der Waals surface area contributed by atoms with Crippen LogP contribution in [0, 0.1) is 0 Å². The maximum atomic E-state index is 4.21. The molecule has 2 nitrogen and oxygen atoms in total. The van der Waals surface area contributed by atoms with Crippen LogP contribution in [0.2, 0.25) is 0 Å². The zero-order valence-corrected chi connectivity index (χ0v) is 9.94. The second-order valence-electron chi connectivity index (χ2n) is 3.73. The molecule has 1 unspecified atom stereocenters. The monoisotopic (exact) mass is 212 g/mol. The SMILES string of the molecule is CCCCCCC(C)Nc1nccs1. The third-order valence-corrected chi connectivity index (χ3v) is 3.00. The molecular weight excluding hydrogens is 192 g/mol. The summed E-state index contributed by atoms with van der Waals surface area (Å²) < 4.78 is 0. The van der Waals surface area contributed by atoms with Crippen molar-refractivity contribution in [2.45, 2.75) is 52.0 Å². The lowest BCUT2D eigenvalue weighted by atomic mass is 10.1. The summed E-state index contributed by atoms with van der Waals surface area (Å²) in [6, 6.07) is 0.554. The van der Waals surface area contributed by atoms with Crippen molar-refractivity contribution in [2.24, 2.45) is 0 Å². The fraction of sp³-hybridized carbons (Fsp3) is 0.727. The molecule has 1 aromatic heterocycles. The molecule has 1 atom stereocenters. The van der Waals surface area contributed by atoms with Gasteiger partial charge in [0.05, 0.1) is 0 Å². The molecule has 0 bridgehead atoms. The smallest absolute Gasteiger partial charge is 0.182 e. The summed E-state index contributed by atoms with van der Waals surface area (Å²) >= 11 is 1.67. The normalized spacial score (nSPS) is 12.7. The average Bonchev–Trinajstić information content (AvgIpc) is 2.65. The van der Waals surface area contributed by atoms with Crippen LogP contribution in [-0.2, 0) is 0 Å². The third kappa shape index (κ3) is 4.61. The summed E-state index contributed by atoms with van der Waals surface area (Å²) in [5.74, 6) is 0. The average molecular weight is 212 g/mol. The molecule has 0 saturated heterocycles. The van der Waals surface area contributed by atoms with E-state index in [-0.39, 0.29) is 0 Å². The van der Waals surface area contributed by atoms with E-state index >= 15 is 0 Å². The molecule has 1 rings (SSSR count). The quantitative estimate of drug-likeness (QED) is 0.693. The van der Waals surface area contributed by atoms with E-state index in [0.29, 0.717) is 6.04 Å². The summed E-state index contributed by atoms with van der Waals surface area (Å²) in [7, 11) is 0. The molecule has 3 heteroatoms. The van der Waals surface area contributed by atoms with Crippen molar-refractivity contribution in [1.82, 2.24) is 4.98 Å². The summed E-state index contributed by atoms with van der Waals surface area (Å²) in [6.07, 6.45) is 8.46. The molecule has 0 amide bonds. The first-order valence-corrected chi connectivity index (χ1v) is 6.37. The summed E-state index contributed by atoms with van der Waals surface area (Å²) in [5.41, 5.74) is 0. The number of anilines is 1. The zero-order chi connectivity index (χ0) is 10.2. The minimum atomic E-state index is 0.554. The Hall–Kier alpha value is -0.570. The van der Waals surface area contributed by atoms with Crippen molar-refractivity contribution in [3.05, 3.63) is 11.6 Å². The van der Waals surface area contributed by atoms with Gasteiger partial charge in [-0.2, -0.15) is 0 Å². The van der Waals surface area contributed by atoms with Gasteiger partial charge in [-0.15, -0.1) is 11.3 Å². The minimum absolute atomic E-state index is 0.554. The molecule has 0 radical (unpaired) electrons. The Morgan fingerprint density at radius 3 is 2.93 bits per heavy atom. The highest BCUT2D eigenvalue weighted by molar-refractivity contribution is 7.13. The van der Waals surface area contributed by atoms with Crippen LogP contribution in [0.25, 0.3) is 0 Å². The molecule has 1 heterocycles. The minimum Gasteiger partial charge on any atom is -0.359 e. The Kier molecular flexibility index (Phi) is 5.60. The molecule has 14 heavy (non-hydrogen) atoms. The van der Waals surface area contributed by atoms with E-state index < -0.39 is 0 Å². The number of hydrogen-bond acceptors (Lipinski definition) is 3. The van der Waals surface area contributed by atoms with Crippen LogP contribution in [0.3, 0.4) is 0 Å². The van der Waals surface area contributed by atoms with Crippen LogP contribution in [0.4, 0.5) is 5.13 Å². The van der Waals surface area contributed by atoms with Crippen molar-refractivity contribution in [3.63, 3.8) is 0 Å². The number of thiazole rings is 1. The van der Waals surface area contributed by atoms with Gasteiger partial charge >= 0.3 is 0 Å². The topological polar surface area (TPSA) is 24.9 Å². The molecule has 0 fully saturated rings. The largest absolute Gasteiger partial charge is 0.359 e. The molecule has 0 aliphatic heterocycles. The second kappa shape index (κ2) is 6.82. The molecule has 1 N–H and O–H groups in total. The highest BCUT2D eigenvalue weighted by atomic mass is 32.1. The first-order chi connectivity index (χ1) is 6.83. The fourth-order valence-corrected chi connectivity index (χ4v) is 2.10. The first kappa shape index (κ1) is 11.5. The maximum Gasteiger partial charge on any atom is 0.182 e. The second-order valence-corrected chi connectivity index (χ2v) is 4.63. The van der Waals surface area contributed by atoms with Crippen LogP contribution >= 0.6 is 11.3 Å². The molecule has 1 aromatic rings. The Morgan fingerprint density at radius 1 is 1.43 bits per heavy atom. The van der Waals surface area contributed by atoms with Crippen molar-refractivity contribution in [3.8, 4) is 0 Å². The number of aromatic nitrogens is 1.